The van der Waals surface area contributed by atoms with Crippen molar-refractivity contribution in [3.63, 3.8) is 0 Å². The van der Waals surface area contributed by atoms with Gasteiger partial charge in [-0.1, -0.05) is 33.3 Å². The monoisotopic (exact) mass is 224 g/mol. The highest BCUT2D eigenvalue weighted by atomic mass is 16.4. The Morgan fingerprint density at radius 2 is 2.12 bits per heavy atom. The standard InChI is InChI=1S/C14H24O2/c1-10(2)13-8-7-11(3)9-12(13)5-4-6-14(15)16/h4,6,10-13H,5,7-9H2,1-3H3,(H,15,16). The summed E-state index contributed by atoms with van der Waals surface area (Å²) in [4.78, 5) is 10.4. The van der Waals surface area contributed by atoms with Crippen molar-refractivity contribution in [3.05, 3.63) is 12.2 Å². The van der Waals surface area contributed by atoms with Gasteiger partial charge in [-0.15, -0.1) is 0 Å². The van der Waals surface area contributed by atoms with E-state index in [0.717, 1.165) is 24.2 Å². The normalized spacial score (nSPS) is 31.1. The van der Waals surface area contributed by atoms with Crippen molar-refractivity contribution in [1.29, 1.82) is 0 Å². The Hall–Kier alpha value is -0.790. The zero-order valence-electron chi connectivity index (χ0n) is 10.6. The topological polar surface area (TPSA) is 37.3 Å². The maximum atomic E-state index is 10.4. The first kappa shape index (κ1) is 13.3. The minimum absolute atomic E-state index is 0.680. The van der Waals surface area contributed by atoms with Gasteiger partial charge in [-0.05, 0) is 42.9 Å². The lowest BCUT2D eigenvalue weighted by atomic mass is 9.69. The smallest absolute Gasteiger partial charge is 0.327 e. The first-order chi connectivity index (χ1) is 7.50. The molecule has 92 valence electrons. The number of carboxylic acid groups (broad SMARTS) is 1. The molecule has 0 radical (unpaired) electrons. The summed E-state index contributed by atoms with van der Waals surface area (Å²) in [7, 11) is 0. The number of carboxylic acids is 1. The lowest BCUT2D eigenvalue weighted by Crippen LogP contribution is -2.27. The molecule has 16 heavy (non-hydrogen) atoms. The first-order valence-electron chi connectivity index (χ1n) is 6.40. The summed E-state index contributed by atoms with van der Waals surface area (Å²) in [5.74, 6) is 2.15. The molecule has 0 amide bonds. The van der Waals surface area contributed by atoms with Crippen molar-refractivity contribution < 1.29 is 9.90 Å². The van der Waals surface area contributed by atoms with Crippen LogP contribution < -0.4 is 0 Å². The molecule has 3 atom stereocenters. The Kier molecular flexibility index (Phi) is 5.04. The Bertz CT molecular complexity index is 255. The van der Waals surface area contributed by atoms with Crippen LogP contribution >= 0.6 is 0 Å². The molecule has 0 bridgehead atoms. The Labute approximate surface area is 98.7 Å². The highest BCUT2D eigenvalue weighted by molar-refractivity contribution is 5.79. The molecule has 1 aliphatic rings. The molecule has 0 saturated heterocycles. The Morgan fingerprint density at radius 1 is 1.44 bits per heavy atom. The average molecular weight is 224 g/mol. The van der Waals surface area contributed by atoms with Gasteiger partial charge < -0.3 is 5.11 Å². The second kappa shape index (κ2) is 6.07. The van der Waals surface area contributed by atoms with Crippen molar-refractivity contribution in [2.75, 3.05) is 0 Å². The minimum Gasteiger partial charge on any atom is -0.478 e. The fraction of sp³-hybridized carbons (Fsp3) is 0.786. The molecule has 0 spiro atoms. The van der Waals surface area contributed by atoms with Crippen molar-refractivity contribution in [2.45, 2.75) is 46.5 Å². The Morgan fingerprint density at radius 3 is 2.69 bits per heavy atom. The van der Waals surface area contributed by atoms with Crippen LogP contribution in [0.2, 0.25) is 0 Å². The maximum absolute atomic E-state index is 10.4. The molecule has 2 heteroatoms. The number of rotatable bonds is 4. The van der Waals surface area contributed by atoms with Gasteiger partial charge in [0.2, 0.25) is 0 Å². The van der Waals surface area contributed by atoms with Crippen LogP contribution in [0, 0.1) is 23.7 Å². The molecule has 1 saturated carbocycles. The van der Waals surface area contributed by atoms with E-state index in [1.807, 2.05) is 6.08 Å². The molecule has 1 aliphatic carbocycles. The molecule has 0 aromatic carbocycles. The largest absolute Gasteiger partial charge is 0.478 e. The van der Waals surface area contributed by atoms with Crippen LogP contribution in [0.5, 0.6) is 0 Å². The van der Waals surface area contributed by atoms with E-state index >= 15 is 0 Å². The zero-order valence-corrected chi connectivity index (χ0v) is 10.6. The molecular formula is C14H24O2. The van der Waals surface area contributed by atoms with Gasteiger partial charge in [-0.25, -0.2) is 4.79 Å². The molecule has 2 nitrogen and oxygen atoms in total. The fourth-order valence-corrected chi connectivity index (χ4v) is 3.01. The molecule has 1 rings (SSSR count). The van der Waals surface area contributed by atoms with E-state index < -0.39 is 5.97 Å². The first-order valence-corrected chi connectivity index (χ1v) is 6.40. The van der Waals surface area contributed by atoms with Crippen LogP contribution in [-0.4, -0.2) is 11.1 Å². The second-order valence-electron chi connectivity index (χ2n) is 5.56. The summed E-state index contributed by atoms with van der Waals surface area (Å²) in [5.41, 5.74) is 0. The number of allylic oxidation sites excluding steroid dienone is 1. The van der Waals surface area contributed by atoms with Crippen LogP contribution in [0.1, 0.15) is 46.5 Å². The summed E-state index contributed by atoms with van der Waals surface area (Å²) in [5, 5.41) is 8.58. The van der Waals surface area contributed by atoms with E-state index in [-0.39, 0.29) is 0 Å². The molecule has 0 aromatic rings. The number of hydrogen-bond acceptors (Lipinski definition) is 1. The molecule has 0 aliphatic heterocycles. The van der Waals surface area contributed by atoms with Gasteiger partial charge in [0.1, 0.15) is 0 Å². The predicted molar refractivity (Wildman–Crippen MR) is 66.2 cm³/mol. The second-order valence-corrected chi connectivity index (χ2v) is 5.56. The highest BCUT2D eigenvalue weighted by Crippen LogP contribution is 2.39. The number of aliphatic carboxylic acids is 1. The molecular weight excluding hydrogens is 200 g/mol. The fourth-order valence-electron chi connectivity index (χ4n) is 3.01. The van der Waals surface area contributed by atoms with Crippen molar-refractivity contribution in [3.8, 4) is 0 Å². The maximum Gasteiger partial charge on any atom is 0.327 e. The van der Waals surface area contributed by atoms with E-state index in [1.165, 1.54) is 25.3 Å². The van der Waals surface area contributed by atoms with Crippen molar-refractivity contribution >= 4 is 5.97 Å². The summed E-state index contributed by atoms with van der Waals surface area (Å²) < 4.78 is 0. The van der Waals surface area contributed by atoms with Gasteiger partial charge >= 0.3 is 5.97 Å². The molecule has 3 unspecified atom stereocenters. The van der Waals surface area contributed by atoms with Gasteiger partial charge in [0, 0.05) is 6.08 Å². The van der Waals surface area contributed by atoms with Gasteiger partial charge in [-0.3, -0.25) is 0 Å². The van der Waals surface area contributed by atoms with E-state index in [1.54, 1.807) is 0 Å². The minimum atomic E-state index is -0.829. The lowest BCUT2D eigenvalue weighted by Gasteiger charge is -2.37. The molecule has 0 heterocycles. The average Bonchev–Trinajstić information content (AvgIpc) is 2.16. The summed E-state index contributed by atoms with van der Waals surface area (Å²) in [6.07, 6.45) is 7.95. The van der Waals surface area contributed by atoms with Crippen LogP contribution in [0.25, 0.3) is 0 Å². The third-order valence-electron chi connectivity index (χ3n) is 3.86. The van der Waals surface area contributed by atoms with Gasteiger partial charge in [0.15, 0.2) is 0 Å². The number of hydrogen-bond donors (Lipinski definition) is 1. The summed E-state index contributed by atoms with van der Waals surface area (Å²) >= 11 is 0. The highest BCUT2D eigenvalue weighted by Gasteiger charge is 2.29. The van der Waals surface area contributed by atoms with E-state index in [0.29, 0.717) is 5.92 Å². The molecule has 1 fully saturated rings. The zero-order chi connectivity index (χ0) is 12.1. The van der Waals surface area contributed by atoms with Crippen molar-refractivity contribution in [2.24, 2.45) is 23.7 Å². The van der Waals surface area contributed by atoms with Crippen LogP contribution in [0.3, 0.4) is 0 Å². The number of carbonyl (C=O) groups is 1. The van der Waals surface area contributed by atoms with Gasteiger partial charge in [0.05, 0.1) is 0 Å². The van der Waals surface area contributed by atoms with E-state index in [4.69, 9.17) is 5.11 Å². The lowest BCUT2D eigenvalue weighted by molar-refractivity contribution is -0.131. The van der Waals surface area contributed by atoms with Crippen LogP contribution in [0.15, 0.2) is 12.2 Å². The molecule has 0 aromatic heterocycles. The Balaban J connectivity index is 2.54. The van der Waals surface area contributed by atoms with Crippen molar-refractivity contribution in [1.82, 2.24) is 0 Å². The quantitative estimate of drug-likeness (QED) is 0.739. The third kappa shape index (κ3) is 3.99. The van der Waals surface area contributed by atoms with E-state index in [9.17, 15) is 4.79 Å². The van der Waals surface area contributed by atoms with Gasteiger partial charge in [-0.2, -0.15) is 0 Å². The van der Waals surface area contributed by atoms with E-state index in [2.05, 4.69) is 20.8 Å². The van der Waals surface area contributed by atoms with Crippen LogP contribution in [0.4, 0.5) is 0 Å². The third-order valence-corrected chi connectivity index (χ3v) is 3.86. The summed E-state index contributed by atoms with van der Waals surface area (Å²) in [6.45, 7) is 6.88. The molecule has 1 N–H and O–H groups in total. The van der Waals surface area contributed by atoms with Gasteiger partial charge in [0.25, 0.3) is 0 Å². The van der Waals surface area contributed by atoms with Crippen LogP contribution in [-0.2, 0) is 4.79 Å². The summed E-state index contributed by atoms with van der Waals surface area (Å²) in [6, 6.07) is 0. The SMILES string of the molecule is CC1CCC(C(C)C)C(CC=CC(=O)O)C1. The predicted octanol–water partition coefficient (Wildman–Crippen LogP) is 3.73.